The second-order valence-corrected chi connectivity index (χ2v) is 4.43. The van der Waals surface area contributed by atoms with Crippen molar-refractivity contribution in [3.05, 3.63) is 11.9 Å². The largest absolute Gasteiger partial charge is 0.361 e. The molecule has 0 unspecified atom stereocenters. The molecule has 0 aromatic carbocycles. The van der Waals surface area contributed by atoms with Gasteiger partial charge in [-0.15, -0.1) is 0 Å². The van der Waals surface area contributed by atoms with E-state index in [0.29, 0.717) is 0 Å². The van der Waals surface area contributed by atoms with E-state index in [2.05, 4.69) is 50.9 Å². The van der Waals surface area contributed by atoms with E-state index in [4.69, 9.17) is 0 Å². The highest BCUT2D eigenvalue weighted by Crippen LogP contribution is 2.08. The SMILES string of the molecule is CC1=CN(C)CN1C.CCCCCCC. The lowest BCUT2D eigenvalue weighted by atomic mass is 10.2. The first kappa shape index (κ1) is 14.3. The highest BCUT2D eigenvalue weighted by molar-refractivity contribution is 5.00. The molecule has 0 atom stereocenters. The van der Waals surface area contributed by atoms with Crippen LogP contribution in [0.5, 0.6) is 0 Å². The summed E-state index contributed by atoms with van der Waals surface area (Å²) in [6.45, 7) is 7.64. The predicted octanol–water partition coefficient (Wildman–Crippen LogP) is 3.66. The molecule has 0 spiro atoms. The molecule has 1 rings (SSSR count). The lowest BCUT2D eigenvalue weighted by Crippen LogP contribution is -2.19. The van der Waals surface area contributed by atoms with Crippen LogP contribution >= 0.6 is 0 Å². The number of rotatable bonds is 4. The maximum atomic E-state index is 2.25. The molecular formula is C13H28N2. The summed E-state index contributed by atoms with van der Waals surface area (Å²) in [7, 11) is 4.17. The van der Waals surface area contributed by atoms with Gasteiger partial charge in [0.25, 0.3) is 0 Å². The summed E-state index contributed by atoms with van der Waals surface area (Å²) in [6.07, 6.45) is 9.15. The first-order chi connectivity index (χ1) is 7.11. The van der Waals surface area contributed by atoms with Crippen molar-refractivity contribution in [2.24, 2.45) is 0 Å². The normalized spacial score (nSPS) is 14.9. The fourth-order valence-electron chi connectivity index (χ4n) is 1.58. The molecule has 0 radical (unpaired) electrons. The number of allylic oxidation sites excluding steroid dienone is 1. The van der Waals surface area contributed by atoms with E-state index in [1.807, 2.05) is 0 Å². The molecule has 1 aliphatic heterocycles. The first-order valence-corrected chi connectivity index (χ1v) is 6.21. The van der Waals surface area contributed by atoms with E-state index >= 15 is 0 Å². The molecule has 0 aromatic rings. The fraction of sp³-hybridized carbons (Fsp3) is 0.846. The topological polar surface area (TPSA) is 6.48 Å². The molecule has 0 amide bonds. The standard InChI is InChI=1S/C7H16.C6H12N2/c1-3-5-7-6-4-2;1-6-4-7(2)5-8(6)3/h3-7H2,1-2H3;4H,5H2,1-3H3. The van der Waals surface area contributed by atoms with Gasteiger partial charge in [-0.1, -0.05) is 46.0 Å². The summed E-state index contributed by atoms with van der Waals surface area (Å²) in [4.78, 5) is 4.37. The molecule has 0 saturated carbocycles. The van der Waals surface area contributed by atoms with E-state index in [-0.39, 0.29) is 0 Å². The Bertz CT molecular complexity index is 171. The molecule has 2 nitrogen and oxygen atoms in total. The summed E-state index contributed by atoms with van der Waals surface area (Å²) in [5.74, 6) is 0. The van der Waals surface area contributed by atoms with E-state index in [0.717, 1.165) is 6.67 Å². The molecule has 1 aliphatic rings. The molecule has 15 heavy (non-hydrogen) atoms. The molecule has 90 valence electrons. The van der Waals surface area contributed by atoms with Crippen molar-refractivity contribution < 1.29 is 0 Å². The van der Waals surface area contributed by atoms with E-state index in [1.165, 1.54) is 37.8 Å². The summed E-state index contributed by atoms with van der Waals surface area (Å²) >= 11 is 0. The second kappa shape index (κ2) is 8.63. The Morgan fingerprint density at radius 2 is 1.60 bits per heavy atom. The average molecular weight is 212 g/mol. The molecule has 0 aliphatic carbocycles. The van der Waals surface area contributed by atoms with Crippen molar-refractivity contribution in [2.45, 2.75) is 52.9 Å². The van der Waals surface area contributed by atoms with E-state index in [1.54, 1.807) is 0 Å². The van der Waals surface area contributed by atoms with Crippen LogP contribution in [0, 0.1) is 0 Å². The molecule has 0 fully saturated rings. The van der Waals surface area contributed by atoms with Crippen molar-refractivity contribution in [3.8, 4) is 0 Å². The number of hydrogen-bond acceptors (Lipinski definition) is 2. The van der Waals surface area contributed by atoms with Crippen molar-refractivity contribution in [1.82, 2.24) is 9.80 Å². The van der Waals surface area contributed by atoms with Crippen LogP contribution in [0.25, 0.3) is 0 Å². The summed E-state index contributed by atoms with van der Waals surface area (Å²) in [5.41, 5.74) is 1.34. The Balaban J connectivity index is 0.000000265. The quantitative estimate of drug-likeness (QED) is 0.656. The Hall–Kier alpha value is -0.660. The van der Waals surface area contributed by atoms with E-state index in [9.17, 15) is 0 Å². The Morgan fingerprint density at radius 3 is 1.80 bits per heavy atom. The van der Waals surface area contributed by atoms with Gasteiger partial charge >= 0.3 is 0 Å². The van der Waals surface area contributed by atoms with E-state index < -0.39 is 0 Å². The monoisotopic (exact) mass is 212 g/mol. The number of hydrogen-bond donors (Lipinski definition) is 0. The van der Waals surface area contributed by atoms with Crippen LogP contribution in [-0.2, 0) is 0 Å². The van der Waals surface area contributed by atoms with Crippen molar-refractivity contribution >= 4 is 0 Å². The molecule has 2 heteroatoms. The molecule has 0 bridgehead atoms. The van der Waals surface area contributed by atoms with Gasteiger partial charge in [-0.25, -0.2) is 0 Å². The van der Waals surface area contributed by atoms with Gasteiger partial charge in [0, 0.05) is 26.0 Å². The smallest absolute Gasteiger partial charge is 0.0890 e. The van der Waals surface area contributed by atoms with Gasteiger partial charge in [-0.3, -0.25) is 0 Å². The fourth-order valence-corrected chi connectivity index (χ4v) is 1.58. The van der Waals surface area contributed by atoms with Crippen molar-refractivity contribution in [3.63, 3.8) is 0 Å². The van der Waals surface area contributed by atoms with Gasteiger partial charge in [0.2, 0.25) is 0 Å². The highest BCUT2D eigenvalue weighted by atomic mass is 15.3. The molecule has 0 aromatic heterocycles. The van der Waals surface area contributed by atoms with Gasteiger partial charge < -0.3 is 9.80 Å². The molecular weight excluding hydrogens is 184 g/mol. The van der Waals surface area contributed by atoms with Crippen LogP contribution in [0.15, 0.2) is 11.9 Å². The van der Waals surface area contributed by atoms with Gasteiger partial charge in [0.05, 0.1) is 6.67 Å². The minimum atomic E-state index is 1.03. The predicted molar refractivity (Wildman–Crippen MR) is 68.6 cm³/mol. The Kier molecular flexibility index (Phi) is 8.25. The summed E-state index contributed by atoms with van der Waals surface area (Å²) in [6, 6.07) is 0. The number of unbranched alkanes of at least 4 members (excludes halogenated alkanes) is 4. The maximum Gasteiger partial charge on any atom is 0.0890 e. The second-order valence-electron chi connectivity index (χ2n) is 4.43. The van der Waals surface area contributed by atoms with Crippen LogP contribution < -0.4 is 0 Å². The highest BCUT2D eigenvalue weighted by Gasteiger charge is 2.07. The maximum absolute atomic E-state index is 2.25. The zero-order chi connectivity index (χ0) is 11.7. The minimum absolute atomic E-state index is 1.03. The molecule has 0 N–H and O–H groups in total. The third-order valence-electron chi connectivity index (χ3n) is 2.65. The zero-order valence-electron chi connectivity index (χ0n) is 11.2. The Labute approximate surface area is 95.9 Å². The van der Waals surface area contributed by atoms with Gasteiger partial charge in [-0.05, 0) is 6.92 Å². The van der Waals surface area contributed by atoms with Crippen LogP contribution in [-0.4, -0.2) is 30.6 Å². The average Bonchev–Trinajstić information content (AvgIpc) is 2.46. The third-order valence-corrected chi connectivity index (χ3v) is 2.65. The summed E-state index contributed by atoms with van der Waals surface area (Å²) < 4.78 is 0. The zero-order valence-corrected chi connectivity index (χ0v) is 11.2. The Morgan fingerprint density at radius 1 is 1.07 bits per heavy atom. The van der Waals surface area contributed by atoms with Gasteiger partial charge in [0.1, 0.15) is 0 Å². The first-order valence-electron chi connectivity index (χ1n) is 6.21. The van der Waals surface area contributed by atoms with Gasteiger partial charge in [-0.2, -0.15) is 0 Å². The third kappa shape index (κ3) is 7.29. The van der Waals surface area contributed by atoms with Crippen LogP contribution in [0.2, 0.25) is 0 Å². The van der Waals surface area contributed by atoms with Crippen LogP contribution in [0.3, 0.4) is 0 Å². The van der Waals surface area contributed by atoms with Crippen molar-refractivity contribution in [2.75, 3.05) is 20.8 Å². The van der Waals surface area contributed by atoms with Crippen LogP contribution in [0.4, 0.5) is 0 Å². The lowest BCUT2D eigenvalue weighted by molar-refractivity contribution is 0.328. The molecule has 1 heterocycles. The summed E-state index contributed by atoms with van der Waals surface area (Å²) in [5, 5.41) is 0. The lowest BCUT2D eigenvalue weighted by Gasteiger charge is -2.13. The van der Waals surface area contributed by atoms with Crippen molar-refractivity contribution in [1.29, 1.82) is 0 Å². The van der Waals surface area contributed by atoms with Crippen LogP contribution in [0.1, 0.15) is 52.9 Å². The number of nitrogens with zero attached hydrogens (tertiary/aromatic N) is 2. The molecule has 0 saturated heterocycles. The minimum Gasteiger partial charge on any atom is -0.361 e. The van der Waals surface area contributed by atoms with Gasteiger partial charge in [0.15, 0.2) is 0 Å².